The molecule has 1 N–H and O–H groups in total. The van der Waals surface area contributed by atoms with E-state index in [1.165, 1.54) is 4.31 Å². The van der Waals surface area contributed by atoms with Crippen molar-refractivity contribution in [2.24, 2.45) is 0 Å². The van der Waals surface area contributed by atoms with Crippen LogP contribution >= 0.6 is 27.5 Å². The molecule has 0 aliphatic carbocycles. The first-order chi connectivity index (χ1) is 18.9. The van der Waals surface area contributed by atoms with Gasteiger partial charge in [0.15, 0.2) is 0 Å². The Bertz CT molecular complexity index is 1400. The molecule has 0 aliphatic rings. The van der Waals surface area contributed by atoms with E-state index in [0.717, 1.165) is 21.9 Å². The first-order valence-electron chi connectivity index (χ1n) is 13.1. The number of anilines is 1. The predicted octanol–water partition coefficient (Wildman–Crippen LogP) is 5.81. The number of sulfonamides is 1. The van der Waals surface area contributed by atoms with Crippen molar-refractivity contribution in [3.8, 4) is 0 Å². The summed E-state index contributed by atoms with van der Waals surface area (Å²) >= 11 is 9.59. The molecule has 3 aromatic carbocycles. The van der Waals surface area contributed by atoms with Gasteiger partial charge in [-0.05, 0) is 61.7 Å². The standard InChI is InChI=1S/C30H35BrClN3O4S/c1-22(2)33-30(37)28(19-23-10-5-4-6-11-23)34(21-24-12-7-13-25(31)18-24)29(36)16-9-17-35(40(3,38)39)27-15-8-14-26(32)20-27/h4-8,10-15,18,20,22,28H,9,16-17,19,21H2,1-3H3,(H,33,37). The molecule has 7 nitrogen and oxygen atoms in total. The van der Waals surface area contributed by atoms with Crippen LogP contribution in [0.1, 0.15) is 37.8 Å². The van der Waals surface area contributed by atoms with Crippen LogP contribution in [-0.4, -0.2) is 50.0 Å². The third kappa shape index (κ3) is 9.64. The minimum absolute atomic E-state index is 0.0564. The summed E-state index contributed by atoms with van der Waals surface area (Å²) in [5.41, 5.74) is 2.24. The van der Waals surface area contributed by atoms with Gasteiger partial charge in [-0.3, -0.25) is 13.9 Å². The average molecular weight is 649 g/mol. The minimum Gasteiger partial charge on any atom is -0.352 e. The van der Waals surface area contributed by atoms with Gasteiger partial charge in [0.25, 0.3) is 0 Å². The van der Waals surface area contributed by atoms with Gasteiger partial charge in [0, 0.05) is 41.5 Å². The van der Waals surface area contributed by atoms with Crippen LogP contribution in [0.15, 0.2) is 83.3 Å². The normalized spacial score (nSPS) is 12.2. The quantitative estimate of drug-likeness (QED) is 0.253. The molecular weight excluding hydrogens is 614 g/mol. The number of rotatable bonds is 13. The first-order valence-corrected chi connectivity index (χ1v) is 16.1. The van der Waals surface area contributed by atoms with E-state index in [0.29, 0.717) is 17.1 Å². The van der Waals surface area contributed by atoms with E-state index in [4.69, 9.17) is 11.6 Å². The summed E-state index contributed by atoms with van der Waals surface area (Å²) < 4.78 is 27.2. The number of nitrogens with zero attached hydrogens (tertiary/aromatic N) is 2. The predicted molar refractivity (Wildman–Crippen MR) is 165 cm³/mol. The molecule has 40 heavy (non-hydrogen) atoms. The van der Waals surface area contributed by atoms with Gasteiger partial charge >= 0.3 is 0 Å². The topological polar surface area (TPSA) is 86.8 Å². The largest absolute Gasteiger partial charge is 0.352 e. The van der Waals surface area contributed by atoms with Crippen LogP contribution in [0.25, 0.3) is 0 Å². The molecule has 0 fully saturated rings. The lowest BCUT2D eigenvalue weighted by Gasteiger charge is -2.32. The maximum absolute atomic E-state index is 13.8. The van der Waals surface area contributed by atoms with Gasteiger partial charge in [0.05, 0.1) is 11.9 Å². The molecule has 0 heterocycles. The summed E-state index contributed by atoms with van der Waals surface area (Å²) in [6, 6.07) is 23.0. The second kappa shape index (κ2) is 14.7. The Balaban J connectivity index is 1.88. The summed E-state index contributed by atoms with van der Waals surface area (Å²) in [4.78, 5) is 28.9. The number of hydrogen-bond acceptors (Lipinski definition) is 4. The van der Waals surface area contributed by atoms with E-state index in [1.807, 2.05) is 68.4 Å². The lowest BCUT2D eigenvalue weighted by molar-refractivity contribution is -0.141. The van der Waals surface area contributed by atoms with E-state index < -0.39 is 16.1 Å². The molecule has 214 valence electrons. The number of hydrogen-bond donors (Lipinski definition) is 1. The van der Waals surface area contributed by atoms with E-state index in [1.54, 1.807) is 29.2 Å². The van der Waals surface area contributed by atoms with Crippen LogP contribution in [0.5, 0.6) is 0 Å². The van der Waals surface area contributed by atoms with Gasteiger partial charge in [-0.15, -0.1) is 0 Å². The fourth-order valence-electron chi connectivity index (χ4n) is 4.40. The van der Waals surface area contributed by atoms with Gasteiger partial charge in [-0.25, -0.2) is 8.42 Å². The maximum atomic E-state index is 13.8. The van der Waals surface area contributed by atoms with E-state index in [9.17, 15) is 18.0 Å². The van der Waals surface area contributed by atoms with Crippen molar-refractivity contribution in [3.63, 3.8) is 0 Å². The second-order valence-corrected chi connectivity index (χ2v) is 13.2. The fraction of sp³-hybridized carbons (Fsp3) is 0.333. The smallest absolute Gasteiger partial charge is 0.243 e. The molecule has 0 aliphatic heterocycles. The molecule has 1 unspecified atom stereocenters. The van der Waals surface area contributed by atoms with Crippen molar-refractivity contribution in [2.45, 2.75) is 51.7 Å². The van der Waals surface area contributed by atoms with E-state index in [-0.39, 0.29) is 43.8 Å². The Hall–Kier alpha value is -2.88. The van der Waals surface area contributed by atoms with E-state index >= 15 is 0 Å². The zero-order valence-corrected chi connectivity index (χ0v) is 26.0. The van der Waals surface area contributed by atoms with Crippen LogP contribution in [0.2, 0.25) is 5.02 Å². The number of amides is 2. The van der Waals surface area contributed by atoms with Gasteiger partial charge in [-0.2, -0.15) is 0 Å². The number of benzene rings is 3. The minimum atomic E-state index is -3.61. The Labute approximate surface area is 250 Å². The van der Waals surface area contributed by atoms with Crippen LogP contribution < -0.4 is 9.62 Å². The summed E-state index contributed by atoms with van der Waals surface area (Å²) in [7, 11) is -3.61. The van der Waals surface area contributed by atoms with Gasteiger partial charge in [0.2, 0.25) is 21.8 Å². The van der Waals surface area contributed by atoms with Crippen molar-refractivity contribution in [3.05, 3.63) is 99.5 Å². The Morgan fingerprint density at radius 3 is 2.25 bits per heavy atom. The number of carbonyl (C=O) groups excluding carboxylic acids is 2. The zero-order chi connectivity index (χ0) is 29.3. The molecule has 0 saturated heterocycles. The maximum Gasteiger partial charge on any atom is 0.243 e. The molecule has 0 radical (unpaired) electrons. The molecule has 2 amide bonds. The highest BCUT2D eigenvalue weighted by molar-refractivity contribution is 9.10. The second-order valence-electron chi connectivity index (χ2n) is 9.94. The number of nitrogens with one attached hydrogen (secondary N) is 1. The summed E-state index contributed by atoms with van der Waals surface area (Å²) in [6.45, 7) is 4.09. The summed E-state index contributed by atoms with van der Waals surface area (Å²) in [5.74, 6) is -0.474. The first kappa shape index (κ1) is 31.6. The fourth-order valence-corrected chi connectivity index (χ4v) is 5.99. The number of halogens is 2. The Morgan fingerprint density at radius 2 is 1.62 bits per heavy atom. The number of carbonyl (C=O) groups is 2. The van der Waals surface area contributed by atoms with Crippen molar-refractivity contribution in [2.75, 3.05) is 17.1 Å². The monoisotopic (exact) mass is 647 g/mol. The van der Waals surface area contributed by atoms with Gasteiger partial charge in [0.1, 0.15) is 6.04 Å². The molecule has 1 atom stereocenters. The molecule has 0 spiro atoms. The van der Waals surface area contributed by atoms with Crippen LogP contribution in [0, 0.1) is 0 Å². The van der Waals surface area contributed by atoms with Crippen molar-refractivity contribution < 1.29 is 18.0 Å². The highest BCUT2D eigenvalue weighted by atomic mass is 79.9. The third-order valence-corrected chi connectivity index (χ3v) is 8.11. The highest BCUT2D eigenvalue weighted by Gasteiger charge is 2.31. The van der Waals surface area contributed by atoms with Crippen LogP contribution in [0.3, 0.4) is 0 Å². The molecule has 0 saturated carbocycles. The lowest BCUT2D eigenvalue weighted by atomic mass is 10.0. The van der Waals surface area contributed by atoms with Crippen LogP contribution in [0.4, 0.5) is 5.69 Å². The molecular formula is C30H35BrClN3O4S. The zero-order valence-electron chi connectivity index (χ0n) is 22.9. The molecule has 0 bridgehead atoms. The van der Waals surface area contributed by atoms with Crippen molar-refractivity contribution in [1.29, 1.82) is 0 Å². The Morgan fingerprint density at radius 1 is 0.950 bits per heavy atom. The third-order valence-electron chi connectivity index (χ3n) is 6.19. The van der Waals surface area contributed by atoms with Crippen molar-refractivity contribution >= 4 is 55.1 Å². The lowest BCUT2D eigenvalue weighted by Crippen LogP contribution is -2.51. The Kier molecular flexibility index (Phi) is 11.6. The average Bonchev–Trinajstić information content (AvgIpc) is 2.88. The molecule has 10 heteroatoms. The molecule has 3 rings (SSSR count). The summed E-state index contributed by atoms with van der Waals surface area (Å²) in [6.07, 6.45) is 1.79. The van der Waals surface area contributed by atoms with Crippen LogP contribution in [-0.2, 0) is 32.6 Å². The summed E-state index contributed by atoms with van der Waals surface area (Å²) in [5, 5.41) is 3.39. The molecule has 0 aromatic heterocycles. The highest BCUT2D eigenvalue weighted by Crippen LogP contribution is 2.23. The van der Waals surface area contributed by atoms with Gasteiger partial charge in [-0.1, -0.05) is 76.1 Å². The SMILES string of the molecule is CC(C)NC(=O)C(Cc1ccccc1)N(Cc1cccc(Br)c1)C(=O)CCCN(c1cccc(Cl)c1)S(C)(=O)=O. The molecule has 3 aromatic rings. The van der Waals surface area contributed by atoms with E-state index in [2.05, 4.69) is 21.2 Å². The van der Waals surface area contributed by atoms with Gasteiger partial charge < -0.3 is 10.2 Å². The van der Waals surface area contributed by atoms with Crippen molar-refractivity contribution in [1.82, 2.24) is 10.2 Å².